The van der Waals surface area contributed by atoms with E-state index in [0.29, 0.717) is 13.0 Å². The normalized spacial score (nSPS) is 23.2. The lowest BCUT2D eigenvalue weighted by Crippen LogP contribution is -2.38. The highest BCUT2D eigenvalue weighted by atomic mass is 16.3. The zero-order chi connectivity index (χ0) is 8.97. The number of nitrogens with zero attached hydrogens (tertiary/aromatic N) is 1. The molecule has 12 heavy (non-hydrogen) atoms. The molecule has 4 nitrogen and oxygen atoms in total. The van der Waals surface area contributed by atoms with Crippen molar-refractivity contribution in [3.8, 4) is 0 Å². The van der Waals surface area contributed by atoms with E-state index in [1.165, 1.54) is 0 Å². The maximum absolute atomic E-state index is 11.3. The minimum atomic E-state index is 0.0454. The number of likely N-dealkylation sites (tertiary alicyclic amines) is 1. The fourth-order valence-electron chi connectivity index (χ4n) is 1.62. The number of amides is 1. The topological polar surface area (TPSA) is 66.6 Å². The van der Waals surface area contributed by atoms with Crippen LogP contribution in [0.2, 0.25) is 0 Å². The lowest BCUT2D eigenvalue weighted by molar-refractivity contribution is -0.132. The Labute approximate surface area is 72.3 Å². The molecule has 0 aromatic heterocycles. The van der Waals surface area contributed by atoms with Gasteiger partial charge in [0.15, 0.2) is 0 Å². The van der Waals surface area contributed by atoms with E-state index in [4.69, 9.17) is 10.8 Å². The van der Waals surface area contributed by atoms with E-state index in [1.807, 2.05) is 0 Å². The number of rotatable bonds is 3. The molecule has 0 bridgehead atoms. The molecule has 1 rings (SSSR count). The van der Waals surface area contributed by atoms with E-state index in [2.05, 4.69) is 0 Å². The zero-order valence-corrected chi connectivity index (χ0v) is 7.20. The molecular weight excluding hydrogens is 156 g/mol. The predicted molar refractivity (Wildman–Crippen MR) is 45.5 cm³/mol. The highest BCUT2D eigenvalue weighted by Gasteiger charge is 2.26. The van der Waals surface area contributed by atoms with Gasteiger partial charge in [0.2, 0.25) is 5.91 Å². The Morgan fingerprint density at radius 1 is 1.67 bits per heavy atom. The predicted octanol–water partition coefficient (Wildman–Crippen LogP) is -0.681. The summed E-state index contributed by atoms with van der Waals surface area (Å²) in [5.41, 5.74) is 5.27. The molecule has 1 aliphatic rings. The number of carbonyl (C=O) groups excluding carboxylic acids is 1. The minimum absolute atomic E-state index is 0.0454. The quantitative estimate of drug-likeness (QED) is 0.592. The van der Waals surface area contributed by atoms with Crippen LogP contribution in [-0.2, 0) is 4.79 Å². The Morgan fingerprint density at radius 3 is 3.00 bits per heavy atom. The standard InChI is InChI=1S/C8H16N2O2/c9-4-3-8(12)10-5-1-2-7(10)6-11/h7,11H,1-6,9H2/t7-/m1/s1. The number of hydrogen-bond acceptors (Lipinski definition) is 3. The summed E-state index contributed by atoms with van der Waals surface area (Å²) >= 11 is 0. The number of carbonyl (C=O) groups is 1. The van der Waals surface area contributed by atoms with Gasteiger partial charge in [-0.15, -0.1) is 0 Å². The van der Waals surface area contributed by atoms with Crippen molar-refractivity contribution in [1.82, 2.24) is 4.90 Å². The van der Waals surface area contributed by atoms with Crippen LogP contribution in [-0.4, -0.2) is 41.7 Å². The summed E-state index contributed by atoms with van der Waals surface area (Å²) in [6.45, 7) is 1.26. The molecule has 0 unspecified atom stereocenters. The first-order valence-electron chi connectivity index (χ1n) is 4.40. The molecule has 1 aliphatic heterocycles. The summed E-state index contributed by atoms with van der Waals surface area (Å²) in [5, 5.41) is 8.93. The fraction of sp³-hybridized carbons (Fsp3) is 0.875. The third-order valence-corrected chi connectivity index (χ3v) is 2.27. The number of hydrogen-bond donors (Lipinski definition) is 2. The highest BCUT2D eigenvalue weighted by Crippen LogP contribution is 2.17. The van der Waals surface area contributed by atoms with Crippen molar-refractivity contribution < 1.29 is 9.90 Å². The average molecular weight is 172 g/mol. The molecule has 70 valence electrons. The van der Waals surface area contributed by atoms with Gasteiger partial charge in [-0.3, -0.25) is 4.79 Å². The van der Waals surface area contributed by atoms with Crippen LogP contribution in [0.4, 0.5) is 0 Å². The molecule has 0 aromatic rings. The second-order valence-corrected chi connectivity index (χ2v) is 3.10. The Kier molecular flexibility index (Phi) is 3.49. The molecule has 1 fully saturated rings. The highest BCUT2D eigenvalue weighted by molar-refractivity contribution is 5.77. The molecule has 1 amide bonds. The van der Waals surface area contributed by atoms with Crippen LogP contribution in [0.3, 0.4) is 0 Å². The molecule has 0 spiro atoms. The van der Waals surface area contributed by atoms with Crippen molar-refractivity contribution >= 4 is 5.91 Å². The molecule has 0 radical (unpaired) electrons. The molecule has 1 atom stereocenters. The summed E-state index contributed by atoms with van der Waals surface area (Å²) in [5.74, 6) is 0.0778. The van der Waals surface area contributed by atoms with Gasteiger partial charge < -0.3 is 15.7 Å². The smallest absolute Gasteiger partial charge is 0.224 e. The Morgan fingerprint density at radius 2 is 2.42 bits per heavy atom. The summed E-state index contributed by atoms with van der Waals surface area (Å²) in [6.07, 6.45) is 2.32. The van der Waals surface area contributed by atoms with Crippen molar-refractivity contribution in [1.29, 1.82) is 0 Å². The van der Waals surface area contributed by atoms with Gasteiger partial charge in [-0.05, 0) is 12.8 Å². The van der Waals surface area contributed by atoms with Crippen LogP contribution in [0.25, 0.3) is 0 Å². The zero-order valence-electron chi connectivity index (χ0n) is 7.20. The summed E-state index contributed by atoms with van der Waals surface area (Å²) < 4.78 is 0. The van der Waals surface area contributed by atoms with Crippen molar-refractivity contribution in [3.63, 3.8) is 0 Å². The maximum Gasteiger partial charge on any atom is 0.224 e. The monoisotopic (exact) mass is 172 g/mol. The van der Waals surface area contributed by atoms with E-state index in [0.717, 1.165) is 19.4 Å². The molecule has 0 aliphatic carbocycles. The SMILES string of the molecule is NCCC(=O)N1CCC[C@@H]1CO. The van der Waals surface area contributed by atoms with Crippen molar-refractivity contribution in [2.75, 3.05) is 19.7 Å². The first-order valence-corrected chi connectivity index (χ1v) is 4.40. The van der Waals surface area contributed by atoms with Gasteiger partial charge in [0, 0.05) is 19.5 Å². The lowest BCUT2D eigenvalue weighted by atomic mass is 10.2. The molecule has 1 heterocycles. The van der Waals surface area contributed by atoms with Crippen LogP contribution in [0.15, 0.2) is 0 Å². The third kappa shape index (κ3) is 1.95. The van der Waals surface area contributed by atoms with E-state index < -0.39 is 0 Å². The fourth-order valence-corrected chi connectivity index (χ4v) is 1.62. The van der Waals surface area contributed by atoms with Gasteiger partial charge in [-0.1, -0.05) is 0 Å². The largest absolute Gasteiger partial charge is 0.394 e. The first-order chi connectivity index (χ1) is 5.79. The molecule has 0 aromatic carbocycles. The van der Waals surface area contributed by atoms with E-state index in [-0.39, 0.29) is 18.6 Å². The van der Waals surface area contributed by atoms with E-state index in [9.17, 15) is 4.79 Å². The average Bonchev–Trinajstić information content (AvgIpc) is 2.51. The van der Waals surface area contributed by atoms with Crippen LogP contribution < -0.4 is 5.73 Å². The van der Waals surface area contributed by atoms with Gasteiger partial charge >= 0.3 is 0 Å². The van der Waals surface area contributed by atoms with Gasteiger partial charge in [0.25, 0.3) is 0 Å². The molecule has 1 saturated heterocycles. The number of aliphatic hydroxyl groups is 1. The number of nitrogens with two attached hydrogens (primary N) is 1. The maximum atomic E-state index is 11.3. The van der Waals surface area contributed by atoms with E-state index >= 15 is 0 Å². The van der Waals surface area contributed by atoms with Gasteiger partial charge in [0.05, 0.1) is 12.6 Å². The van der Waals surface area contributed by atoms with Crippen molar-refractivity contribution in [2.45, 2.75) is 25.3 Å². The number of aliphatic hydroxyl groups excluding tert-OH is 1. The van der Waals surface area contributed by atoms with Gasteiger partial charge in [-0.25, -0.2) is 0 Å². The summed E-state index contributed by atoms with van der Waals surface area (Å²) in [4.78, 5) is 13.1. The molecule has 0 saturated carbocycles. The second kappa shape index (κ2) is 4.42. The lowest BCUT2D eigenvalue weighted by Gasteiger charge is -2.22. The van der Waals surface area contributed by atoms with Crippen LogP contribution in [0.5, 0.6) is 0 Å². The van der Waals surface area contributed by atoms with E-state index in [1.54, 1.807) is 4.90 Å². The second-order valence-electron chi connectivity index (χ2n) is 3.10. The Balaban J connectivity index is 2.43. The van der Waals surface area contributed by atoms with Crippen molar-refractivity contribution in [2.24, 2.45) is 5.73 Å². The molecular formula is C8H16N2O2. The third-order valence-electron chi connectivity index (χ3n) is 2.27. The Bertz CT molecular complexity index is 161. The molecule has 4 heteroatoms. The summed E-state index contributed by atoms with van der Waals surface area (Å²) in [7, 11) is 0. The molecule has 3 N–H and O–H groups in total. The van der Waals surface area contributed by atoms with Gasteiger partial charge in [0.1, 0.15) is 0 Å². The summed E-state index contributed by atoms with van der Waals surface area (Å²) in [6, 6.07) is 0.0454. The Hall–Kier alpha value is -0.610. The van der Waals surface area contributed by atoms with Gasteiger partial charge in [-0.2, -0.15) is 0 Å². The van der Waals surface area contributed by atoms with Crippen LogP contribution in [0, 0.1) is 0 Å². The van der Waals surface area contributed by atoms with Crippen LogP contribution in [0.1, 0.15) is 19.3 Å². The van der Waals surface area contributed by atoms with Crippen molar-refractivity contribution in [3.05, 3.63) is 0 Å². The first kappa shape index (κ1) is 9.48. The van der Waals surface area contributed by atoms with Crippen LogP contribution >= 0.6 is 0 Å². The minimum Gasteiger partial charge on any atom is -0.394 e.